The smallest absolute Gasteiger partial charge is 0.251 e. The van der Waals surface area contributed by atoms with E-state index >= 15 is 0 Å². The highest BCUT2D eigenvalue weighted by atomic mass is 35.5. The van der Waals surface area contributed by atoms with Crippen molar-refractivity contribution in [2.75, 3.05) is 0 Å². The fourth-order valence-corrected chi connectivity index (χ4v) is 4.07. The van der Waals surface area contributed by atoms with Crippen molar-refractivity contribution < 1.29 is 4.79 Å². The number of hydrogen-bond acceptors (Lipinski definition) is 2. The summed E-state index contributed by atoms with van der Waals surface area (Å²) >= 11 is 12.4. The highest BCUT2D eigenvalue weighted by Crippen LogP contribution is 2.38. The molecular weight excluding hydrogens is 379 g/mol. The van der Waals surface area contributed by atoms with E-state index in [1.807, 2.05) is 62.9 Å². The zero-order valence-corrected chi connectivity index (χ0v) is 17.5. The van der Waals surface area contributed by atoms with E-state index in [1.165, 1.54) is 5.56 Å². The Morgan fingerprint density at radius 1 is 1.04 bits per heavy atom. The minimum Gasteiger partial charge on any atom is -0.310 e. The first-order valence-corrected chi connectivity index (χ1v) is 9.72. The van der Waals surface area contributed by atoms with E-state index in [1.54, 1.807) is 6.07 Å². The summed E-state index contributed by atoms with van der Waals surface area (Å²) in [6.45, 7) is 8.62. The summed E-state index contributed by atoms with van der Waals surface area (Å²) in [5, 5.41) is 4.67. The molecule has 0 saturated heterocycles. The molecule has 0 aliphatic carbocycles. The standard InChI is InChI=1S/C22H24Cl2N2O/c1-14-15(2)21(27)26(20(14)25-13-16-8-6-5-7-9-16)22(3,4)17-10-18(23)12-19(24)11-17/h5-12,20,25H,13H2,1-4H3. The quantitative estimate of drug-likeness (QED) is 0.713. The van der Waals surface area contributed by atoms with Gasteiger partial charge in [0.05, 0.1) is 5.54 Å². The Morgan fingerprint density at radius 3 is 2.22 bits per heavy atom. The average Bonchev–Trinajstić information content (AvgIpc) is 2.84. The van der Waals surface area contributed by atoms with E-state index in [9.17, 15) is 4.79 Å². The molecular formula is C22H24Cl2N2O. The summed E-state index contributed by atoms with van der Waals surface area (Å²) < 4.78 is 0. The lowest BCUT2D eigenvalue weighted by Gasteiger charge is -2.41. The Balaban J connectivity index is 1.94. The lowest BCUT2D eigenvalue weighted by Crippen LogP contribution is -2.53. The number of nitrogens with zero attached hydrogens (tertiary/aromatic N) is 1. The molecule has 1 aliphatic rings. The van der Waals surface area contributed by atoms with E-state index in [0.717, 1.165) is 16.7 Å². The number of carbonyl (C=O) groups is 1. The molecule has 27 heavy (non-hydrogen) atoms. The molecule has 0 fully saturated rings. The Morgan fingerprint density at radius 2 is 1.63 bits per heavy atom. The maximum atomic E-state index is 13.1. The minimum atomic E-state index is -0.584. The molecule has 5 heteroatoms. The highest BCUT2D eigenvalue weighted by Gasteiger charge is 2.44. The van der Waals surface area contributed by atoms with Crippen LogP contribution in [0, 0.1) is 0 Å². The van der Waals surface area contributed by atoms with Gasteiger partial charge in [0.2, 0.25) is 0 Å². The van der Waals surface area contributed by atoms with Crippen LogP contribution in [0.2, 0.25) is 10.0 Å². The first kappa shape index (κ1) is 19.9. The number of benzene rings is 2. The third kappa shape index (κ3) is 3.91. The van der Waals surface area contributed by atoms with Gasteiger partial charge in [0.15, 0.2) is 0 Å². The number of rotatable bonds is 5. The molecule has 1 aliphatic heterocycles. The van der Waals surface area contributed by atoms with Gasteiger partial charge in [-0.15, -0.1) is 0 Å². The van der Waals surface area contributed by atoms with Crippen LogP contribution < -0.4 is 5.32 Å². The summed E-state index contributed by atoms with van der Waals surface area (Å²) in [5.74, 6) is 0.0270. The van der Waals surface area contributed by atoms with Crippen molar-refractivity contribution in [1.82, 2.24) is 10.2 Å². The van der Waals surface area contributed by atoms with E-state index in [4.69, 9.17) is 23.2 Å². The third-order valence-electron chi connectivity index (χ3n) is 5.31. The number of amides is 1. The van der Waals surface area contributed by atoms with Crippen molar-refractivity contribution in [3.63, 3.8) is 0 Å². The highest BCUT2D eigenvalue weighted by molar-refractivity contribution is 6.34. The third-order valence-corrected chi connectivity index (χ3v) is 5.75. The molecule has 1 heterocycles. The molecule has 3 rings (SSSR count). The second kappa shape index (κ2) is 7.67. The molecule has 142 valence electrons. The summed E-state index contributed by atoms with van der Waals surface area (Å²) in [4.78, 5) is 15.0. The molecule has 0 radical (unpaired) electrons. The van der Waals surface area contributed by atoms with Crippen LogP contribution in [0.5, 0.6) is 0 Å². The van der Waals surface area contributed by atoms with Gasteiger partial charge < -0.3 is 4.90 Å². The lowest BCUT2D eigenvalue weighted by molar-refractivity contribution is -0.133. The molecule has 0 saturated carbocycles. The molecule has 2 aromatic carbocycles. The lowest BCUT2D eigenvalue weighted by atomic mass is 9.91. The van der Waals surface area contributed by atoms with Crippen LogP contribution in [0.3, 0.4) is 0 Å². The largest absolute Gasteiger partial charge is 0.310 e. The van der Waals surface area contributed by atoms with Gasteiger partial charge in [0.1, 0.15) is 6.17 Å². The molecule has 1 unspecified atom stereocenters. The number of hydrogen-bond donors (Lipinski definition) is 1. The molecule has 0 bridgehead atoms. The van der Waals surface area contributed by atoms with Gasteiger partial charge in [-0.05, 0) is 62.6 Å². The van der Waals surface area contributed by atoms with E-state index < -0.39 is 5.54 Å². The van der Waals surface area contributed by atoms with Crippen molar-refractivity contribution in [2.45, 2.75) is 45.9 Å². The van der Waals surface area contributed by atoms with Crippen molar-refractivity contribution in [3.8, 4) is 0 Å². The Hall–Kier alpha value is -1.81. The fourth-order valence-electron chi connectivity index (χ4n) is 3.54. The van der Waals surface area contributed by atoms with Gasteiger partial charge in [0, 0.05) is 22.2 Å². The molecule has 1 amide bonds. The minimum absolute atomic E-state index is 0.0270. The number of carbonyl (C=O) groups excluding carboxylic acids is 1. The van der Waals surface area contributed by atoms with Crippen LogP contribution in [0.15, 0.2) is 59.7 Å². The molecule has 0 spiro atoms. The van der Waals surface area contributed by atoms with E-state index in [2.05, 4.69) is 17.4 Å². The zero-order chi connectivity index (χ0) is 19.8. The van der Waals surface area contributed by atoms with Crippen LogP contribution in [-0.4, -0.2) is 17.0 Å². The SMILES string of the molecule is CC1=C(C)C(NCc2ccccc2)N(C(C)(C)c2cc(Cl)cc(Cl)c2)C1=O. The van der Waals surface area contributed by atoms with E-state index in [0.29, 0.717) is 16.6 Å². The Kier molecular flexibility index (Phi) is 5.66. The van der Waals surface area contributed by atoms with Crippen LogP contribution in [0.4, 0.5) is 0 Å². The van der Waals surface area contributed by atoms with Gasteiger partial charge in [0.25, 0.3) is 5.91 Å². The van der Waals surface area contributed by atoms with Crippen molar-refractivity contribution >= 4 is 29.1 Å². The van der Waals surface area contributed by atoms with Crippen molar-refractivity contribution in [1.29, 1.82) is 0 Å². The van der Waals surface area contributed by atoms with Gasteiger partial charge >= 0.3 is 0 Å². The van der Waals surface area contributed by atoms with Crippen LogP contribution in [0.1, 0.15) is 38.8 Å². The maximum absolute atomic E-state index is 13.1. The first-order chi connectivity index (χ1) is 12.7. The normalized spacial score (nSPS) is 17.8. The average molecular weight is 403 g/mol. The second-order valence-corrected chi connectivity index (χ2v) is 8.34. The van der Waals surface area contributed by atoms with Crippen LogP contribution in [0.25, 0.3) is 0 Å². The topological polar surface area (TPSA) is 32.3 Å². The predicted octanol–water partition coefficient (Wildman–Crippen LogP) is 5.52. The summed E-state index contributed by atoms with van der Waals surface area (Å²) in [6, 6.07) is 15.6. The molecule has 0 aromatic heterocycles. The molecule has 3 nitrogen and oxygen atoms in total. The van der Waals surface area contributed by atoms with Crippen LogP contribution >= 0.6 is 23.2 Å². The van der Waals surface area contributed by atoms with Gasteiger partial charge in [-0.1, -0.05) is 53.5 Å². The van der Waals surface area contributed by atoms with Gasteiger partial charge in [-0.25, -0.2) is 0 Å². The number of nitrogens with one attached hydrogen (secondary N) is 1. The first-order valence-electron chi connectivity index (χ1n) is 8.96. The zero-order valence-electron chi connectivity index (χ0n) is 16.0. The van der Waals surface area contributed by atoms with Gasteiger partial charge in [-0.3, -0.25) is 10.1 Å². The van der Waals surface area contributed by atoms with Crippen molar-refractivity contribution in [2.24, 2.45) is 0 Å². The summed E-state index contributed by atoms with van der Waals surface area (Å²) in [7, 11) is 0. The maximum Gasteiger partial charge on any atom is 0.251 e. The summed E-state index contributed by atoms with van der Waals surface area (Å²) in [6.07, 6.45) is -0.189. The second-order valence-electron chi connectivity index (χ2n) is 7.47. The fraction of sp³-hybridized carbons (Fsp3) is 0.318. The number of halogens is 2. The van der Waals surface area contributed by atoms with Crippen LogP contribution in [-0.2, 0) is 16.9 Å². The molecule has 1 N–H and O–H groups in total. The predicted molar refractivity (Wildman–Crippen MR) is 112 cm³/mol. The summed E-state index contributed by atoms with van der Waals surface area (Å²) in [5.41, 5.74) is 3.31. The molecule has 2 aromatic rings. The van der Waals surface area contributed by atoms with Gasteiger partial charge in [-0.2, -0.15) is 0 Å². The van der Waals surface area contributed by atoms with Crippen molar-refractivity contribution in [3.05, 3.63) is 80.8 Å². The Bertz CT molecular complexity index is 870. The van der Waals surface area contributed by atoms with E-state index in [-0.39, 0.29) is 12.1 Å². The Labute approximate surface area is 171 Å². The monoisotopic (exact) mass is 402 g/mol. The molecule has 1 atom stereocenters.